The van der Waals surface area contributed by atoms with E-state index in [0.717, 1.165) is 15.8 Å². The topological polar surface area (TPSA) is 61.6 Å². The Kier molecular flexibility index (Phi) is 4.63. The molecule has 0 aliphatic rings. The molecule has 0 fully saturated rings. The predicted octanol–water partition coefficient (Wildman–Crippen LogP) is 3.14. The maximum Gasteiger partial charge on any atom is 0.248 e. The molecule has 1 amide bonds. The van der Waals surface area contributed by atoms with Crippen LogP contribution in [0.3, 0.4) is 0 Å². The highest BCUT2D eigenvalue weighted by Crippen LogP contribution is 2.26. The summed E-state index contributed by atoms with van der Waals surface area (Å²) in [6.07, 6.45) is 0. The van der Waals surface area contributed by atoms with Gasteiger partial charge in [0.2, 0.25) is 5.91 Å². The summed E-state index contributed by atoms with van der Waals surface area (Å²) < 4.78 is 11.7. The molecule has 0 aromatic heterocycles. The number of carbonyl (C=O) groups excluding carboxylic acids is 1. The van der Waals surface area contributed by atoms with Crippen molar-refractivity contribution in [3.8, 4) is 11.5 Å². The lowest BCUT2D eigenvalue weighted by Gasteiger charge is -2.09. The Hall–Kier alpha value is -2.01. The molecule has 4 nitrogen and oxygen atoms in total. The number of benzene rings is 2. The molecular formula is C15H14BrNO3. The van der Waals surface area contributed by atoms with E-state index >= 15 is 0 Å². The number of hydrogen-bond acceptors (Lipinski definition) is 3. The minimum atomic E-state index is -0.448. The van der Waals surface area contributed by atoms with Crippen molar-refractivity contribution in [3.63, 3.8) is 0 Å². The zero-order valence-electron chi connectivity index (χ0n) is 10.9. The Bertz CT molecular complexity index is 611. The van der Waals surface area contributed by atoms with Crippen molar-refractivity contribution in [3.05, 3.63) is 58.1 Å². The SMILES string of the molecule is COc1ccc(COc2ccc(C(N)=O)cc2)cc1Br. The minimum absolute atomic E-state index is 0.429. The first-order valence-corrected chi connectivity index (χ1v) is 6.74. The van der Waals surface area contributed by atoms with E-state index in [0.29, 0.717) is 17.9 Å². The van der Waals surface area contributed by atoms with Crippen LogP contribution in [0.2, 0.25) is 0 Å². The Morgan fingerprint density at radius 3 is 2.45 bits per heavy atom. The first-order chi connectivity index (χ1) is 9.60. The number of primary amides is 1. The Morgan fingerprint density at radius 1 is 1.20 bits per heavy atom. The van der Waals surface area contributed by atoms with Crippen molar-refractivity contribution < 1.29 is 14.3 Å². The van der Waals surface area contributed by atoms with Gasteiger partial charge in [0.05, 0.1) is 11.6 Å². The van der Waals surface area contributed by atoms with Crippen molar-refractivity contribution in [1.82, 2.24) is 0 Å². The molecule has 0 bridgehead atoms. The lowest BCUT2D eigenvalue weighted by molar-refractivity contribution is 0.100. The summed E-state index contributed by atoms with van der Waals surface area (Å²) in [4.78, 5) is 11.0. The first kappa shape index (κ1) is 14.4. The number of ether oxygens (including phenoxy) is 2. The molecule has 0 radical (unpaired) electrons. The average Bonchev–Trinajstić information content (AvgIpc) is 2.45. The molecule has 5 heteroatoms. The summed E-state index contributed by atoms with van der Waals surface area (Å²) in [5, 5.41) is 0. The molecule has 2 aromatic rings. The monoisotopic (exact) mass is 335 g/mol. The standard InChI is InChI=1S/C15H14BrNO3/c1-19-14-7-2-10(8-13(14)16)9-20-12-5-3-11(4-6-12)15(17)18/h2-8H,9H2,1H3,(H2,17,18). The number of rotatable bonds is 5. The van der Waals surface area contributed by atoms with E-state index in [1.807, 2.05) is 18.2 Å². The molecule has 0 spiro atoms. The highest BCUT2D eigenvalue weighted by Gasteiger charge is 2.03. The summed E-state index contributed by atoms with van der Waals surface area (Å²) in [7, 11) is 1.62. The third kappa shape index (κ3) is 3.51. The number of carbonyl (C=O) groups is 1. The van der Waals surface area contributed by atoms with Gasteiger partial charge in [-0.05, 0) is 57.9 Å². The molecule has 0 saturated heterocycles. The van der Waals surface area contributed by atoms with Crippen LogP contribution in [0, 0.1) is 0 Å². The number of amides is 1. The molecule has 104 valence electrons. The third-order valence-corrected chi connectivity index (χ3v) is 3.38. The van der Waals surface area contributed by atoms with Crippen molar-refractivity contribution >= 4 is 21.8 Å². The van der Waals surface area contributed by atoms with Crippen LogP contribution in [0.25, 0.3) is 0 Å². The van der Waals surface area contributed by atoms with E-state index in [2.05, 4.69) is 15.9 Å². The molecule has 0 unspecified atom stereocenters. The normalized spacial score (nSPS) is 10.1. The van der Waals surface area contributed by atoms with Crippen molar-refractivity contribution in [2.45, 2.75) is 6.61 Å². The number of nitrogens with two attached hydrogens (primary N) is 1. The lowest BCUT2D eigenvalue weighted by Crippen LogP contribution is -2.10. The summed E-state index contributed by atoms with van der Waals surface area (Å²) in [6, 6.07) is 12.5. The molecular weight excluding hydrogens is 322 g/mol. The van der Waals surface area contributed by atoms with Gasteiger partial charge in [-0.25, -0.2) is 0 Å². The summed E-state index contributed by atoms with van der Waals surface area (Å²) in [5.74, 6) is 1.01. The molecule has 20 heavy (non-hydrogen) atoms. The van der Waals surface area contributed by atoms with Crippen LogP contribution in [0.15, 0.2) is 46.9 Å². The van der Waals surface area contributed by atoms with E-state index in [9.17, 15) is 4.79 Å². The van der Waals surface area contributed by atoms with Crippen LogP contribution in [-0.2, 0) is 6.61 Å². The van der Waals surface area contributed by atoms with Crippen LogP contribution >= 0.6 is 15.9 Å². The Balaban J connectivity index is 2.01. The average molecular weight is 336 g/mol. The van der Waals surface area contributed by atoms with Crippen LogP contribution in [0.4, 0.5) is 0 Å². The number of hydrogen-bond donors (Lipinski definition) is 1. The Labute approximate surface area is 125 Å². The largest absolute Gasteiger partial charge is 0.496 e. The zero-order chi connectivity index (χ0) is 14.5. The molecule has 2 rings (SSSR count). The van der Waals surface area contributed by atoms with Crippen molar-refractivity contribution in [1.29, 1.82) is 0 Å². The van der Waals surface area contributed by atoms with E-state index in [4.69, 9.17) is 15.2 Å². The fourth-order valence-electron chi connectivity index (χ4n) is 1.68. The molecule has 0 saturated carbocycles. The first-order valence-electron chi connectivity index (χ1n) is 5.95. The molecule has 2 aromatic carbocycles. The van der Waals surface area contributed by atoms with Gasteiger partial charge in [-0.1, -0.05) is 6.07 Å². The smallest absolute Gasteiger partial charge is 0.248 e. The second kappa shape index (κ2) is 6.43. The van der Waals surface area contributed by atoms with Crippen LogP contribution in [-0.4, -0.2) is 13.0 Å². The summed E-state index contributed by atoms with van der Waals surface area (Å²) in [6.45, 7) is 0.429. The van der Waals surface area contributed by atoms with Crippen LogP contribution in [0.5, 0.6) is 11.5 Å². The lowest BCUT2D eigenvalue weighted by atomic mass is 10.2. The van der Waals surface area contributed by atoms with E-state index in [1.165, 1.54) is 0 Å². The fraction of sp³-hybridized carbons (Fsp3) is 0.133. The zero-order valence-corrected chi connectivity index (χ0v) is 12.5. The van der Waals surface area contributed by atoms with Crippen molar-refractivity contribution in [2.24, 2.45) is 5.73 Å². The molecule has 2 N–H and O–H groups in total. The van der Waals surface area contributed by atoms with Crippen LogP contribution in [0.1, 0.15) is 15.9 Å². The van der Waals surface area contributed by atoms with E-state index in [-0.39, 0.29) is 0 Å². The second-order valence-electron chi connectivity index (χ2n) is 4.15. The molecule has 0 heterocycles. The van der Waals surface area contributed by atoms with Gasteiger partial charge in [0.25, 0.3) is 0 Å². The van der Waals surface area contributed by atoms with E-state index < -0.39 is 5.91 Å². The highest BCUT2D eigenvalue weighted by atomic mass is 79.9. The molecule has 0 aliphatic carbocycles. The Morgan fingerprint density at radius 2 is 1.90 bits per heavy atom. The third-order valence-electron chi connectivity index (χ3n) is 2.76. The van der Waals surface area contributed by atoms with Gasteiger partial charge < -0.3 is 15.2 Å². The van der Waals surface area contributed by atoms with Gasteiger partial charge in [-0.3, -0.25) is 4.79 Å². The fourth-order valence-corrected chi connectivity index (χ4v) is 2.27. The summed E-state index contributed by atoms with van der Waals surface area (Å²) >= 11 is 3.43. The van der Waals surface area contributed by atoms with Gasteiger partial charge in [0.15, 0.2) is 0 Å². The number of methoxy groups -OCH3 is 1. The van der Waals surface area contributed by atoms with Gasteiger partial charge in [0, 0.05) is 5.56 Å². The minimum Gasteiger partial charge on any atom is -0.496 e. The highest BCUT2D eigenvalue weighted by molar-refractivity contribution is 9.10. The number of halogens is 1. The molecule has 0 atom stereocenters. The van der Waals surface area contributed by atoms with Gasteiger partial charge in [-0.15, -0.1) is 0 Å². The maximum absolute atomic E-state index is 11.0. The van der Waals surface area contributed by atoms with Crippen molar-refractivity contribution in [2.75, 3.05) is 7.11 Å². The van der Waals surface area contributed by atoms with E-state index in [1.54, 1.807) is 31.4 Å². The second-order valence-corrected chi connectivity index (χ2v) is 5.00. The van der Waals surface area contributed by atoms with Gasteiger partial charge in [-0.2, -0.15) is 0 Å². The predicted molar refractivity (Wildman–Crippen MR) is 80.0 cm³/mol. The molecule has 0 aliphatic heterocycles. The van der Waals surface area contributed by atoms with Gasteiger partial charge >= 0.3 is 0 Å². The van der Waals surface area contributed by atoms with Crippen LogP contribution < -0.4 is 15.2 Å². The quantitative estimate of drug-likeness (QED) is 0.912. The maximum atomic E-state index is 11.0. The van der Waals surface area contributed by atoms with Gasteiger partial charge in [0.1, 0.15) is 18.1 Å². The summed E-state index contributed by atoms with van der Waals surface area (Å²) in [5.41, 5.74) is 6.65.